The van der Waals surface area contributed by atoms with Crippen molar-refractivity contribution >= 4 is 29.4 Å². The topological polar surface area (TPSA) is 105 Å². The van der Waals surface area contributed by atoms with Gasteiger partial charge in [-0.3, -0.25) is 19.3 Å². The molecule has 1 heterocycles. The molecule has 0 bridgehead atoms. The second-order valence-corrected chi connectivity index (χ2v) is 11.1. The number of ether oxygens (including phenoxy) is 2. The van der Waals surface area contributed by atoms with Crippen molar-refractivity contribution < 1.29 is 28.7 Å². The van der Waals surface area contributed by atoms with E-state index in [4.69, 9.17) is 9.47 Å². The van der Waals surface area contributed by atoms with Crippen molar-refractivity contribution in [3.8, 4) is 0 Å². The van der Waals surface area contributed by atoms with Crippen molar-refractivity contribution in [2.75, 3.05) is 38.0 Å². The van der Waals surface area contributed by atoms with E-state index in [0.717, 1.165) is 19.6 Å². The van der Waals surface area contributed by atoms with Gasteiger partial charge in [0.1, 0.15) is 11.2 Å². The lowest BCUT2D eigenvalue weighted by molar-refractivity contribution is -0.155. The average molecular weight is 504 g/mol. The molecule has 9 heteroatoms. The second kappa shape index (κ2) is 12.9. The number of amides is 2. The highest BCUT2D eigenvalue weighted by atomic mass is 16.6. The zero-order valence-electron chi connectivity index (χ0n) is 22.5. The van der Waals surface area contributed by atoms with Gasteiger partial charge in [-0.15, -0.1) is 0 Å². The lowest BCUT2D eigenvalue weighted by atomic mass is 10.1. The van der Waals surface area contributed by atoms with Gasteiger partial charge in [0, 0.05) is 50.3 Å². The fourth-order valence-electron chi connectivity index (χ4n) is 3.69. The zero-order valence-corrected chi connectivity index (χ0v) is 22.5. The van der Waals surface area contributed by atoms with Crippen LogP contribution >= 0.6 is 0 Å². The number of piperazine rings is 1. The van der Waals surface area contributed by atoms with Gasteiger partial charge in [-0.1, -0.05) is 12.1 Å². The van der Waals surface area contributed by atoms with Crippen LogP contribution in [0.1, 0.15) is 77.6 Å². The lowest BCUT2D eigenvalue weighted by Crippen LogP contribution is -2.50. The summed E-state index contributed by atoms with van der Waals surface area (Å²) in [6, 6.07) is 6.84. The first-order valence-electron chi connectivity index (χ1n) is 12.6. The molecular weight excluding hydrogens is 462 g/mol. The largest absolute Gasteiger partial charge is 0.460 e. The SMILES string of the molecule is CC(C)(C)OC(=O)CCC(=O)Nc1cccc(C(=O)CCCN2CCN(C(=O)OC(C)(C)C)CC2)c1. The predicted molar refractivity (Wildman–Crippen MR) is 138 cm³/mol. The number of Topliss-reactive ketones (excluding diaryl/α,β-unsaturated/α-hetero) is 1. The maximum absolute atomic E-state index is 12.7. The van der Waals surface area contributed by atoms with Crippen LogP contribution < -0.4 is 5.32 Å². The van der Waals surface area contributed by atoms with Crippen molar-refractivity contribution in [3.05, 3.63) is 29.8 Å². The third-order valence-electron chi connectivity index (χ3n) is 5.35. The highest BCUT2D eigenvalue weighted by Gasteiger charge is 2.25. The van der Waals surface area contributed by atoms with E-state index < -0.39 is 17.2 Å². The van der Waals surface area contributed by atoms with E-state index in [2.05, 4.69) is 10.2 Å². The van der Waals surface area contributed by atoms with Crippen LogP contribution in [0.5, 0.6) is 0 Å². The molecule has 0 aliphatic carbocycles. The molecule has 1 N–H and O–H groups in total. The van der Waals surface area contributed by atoms with Crippen molar-refractivity contribution in [1.29, 1.82) is 0 Å². The smallest absolute Gasteiger partial charge is 0.410 e. The Bertz CT molecular complexity index is 924. The average Bonchev–Trinajstić information content (AvgIpc) is 2.76. The first kappa shape index (κ1) is 29.3. The molecule has 1 aromatic rings. The molecular formula is C27H41N3O6. The molecule has 2 amide bonds. The number of nitrogens with one attached hydrogen (secondary N) is 1. The molecule has 1 aliphatic heterocycles. The van der Waals surface area contributed by atoms with Gasteiger partial charge in [0.2, 0.25) is 5.91 Å². The minimum absolute atomic E-state index is 0.00619. The Morgan fingerprint density at radius 3 is 2.11 bits per heavy atom. The van der Waals surface area contributed by atoms with Gasteiger partial charge in [0.15, 0.2) is 5.78 Å². The Morgan fingerprint density at radius 1 is 0.861 bits per heavy atom. The number of hydrogen-bond acceptors (Lipinski definition) is 7. The normalized spacial score (nSPS) is 14.8. The van der Waals surface area contributed by atoms with E-state index in [1.807, 2.05) is 20.8 Å². The number of anilines is 1. The van der Waals surface area contributed by atoms with E-state index in [-0.39, 0.29) is 30.6 Å². The minimum Gasteiger partial charge on any atom is -0.460 e. The Balaban J connectivity index is 1.72. The number of ketones is 1. The molecule has 1 aromatic carbocycles. The molecule has 0 atom stereocenters. The fraction of sp³-hybridized carbons (Fsp3) is 0.630. The molecule has 2 rings (SSSR count). The molecule has 9 nitrogen and oxygen atoms in total. The highest BCUT2D eigenvalue weighted by molar-refractivity contribution is 5.98. The predicted octanol–water partition coefficient (Wildman–Crippen LogP) is 4.26. The third-order valence-corrected chi connectivity index (χ3v) is 5.35. The molecule has 0 radical (unpaired) electrons. The summed E-state index contributed by atoms with van der Waals surface area (Å²) in [5, 5.41) is 2.74. The van der Waals surface area contributed by atoms with Crippen molar-refractivity contribution in [3.63, 3.8) is 0 Å². The number of esters is 1. The van der Waals surface area contributed by atoms with Crippen LogP contribution in [0.3, 0.4) is 0 Å². The standard InChI is InChI=1S/C27H41N3O6/c1-26(2,3)35-24(33)13-12-23(32)28-21-10-7-9-20(19-21)22(31)11-8-14-29-15-17-30(18-16-29)25(34)36-27(4,5)6/h7,9-10,19H,8,11-18H2,1-6H3,(H,28,32). The van der Waals surface area contributed by atoms with Gasteiger partial charge in [0.25, 0.3) is 0 Å². The van der Waals surface area contributed by atoms with Crippen LogP contribution in [0.25, 0.3) is 0 Å². The first-order chi connectivity index (χ1) is 16.7. The number of hydrogen-bond donors (Lipinski definition) is 1. The van der Waals surface area contributed by atoms with Crippen LogP contribution in [-0.2, 0) is 19.1 Å². The second-order valence-electron chi connectivity index (χ2n) is 11.1. The van der Waals surface area contributed by atoms with Gasteiger partial charge >= 0.3 is 12.1 Å². The number of carbonyl (C=O) groups excluding carboxylic acids is 4. The molecule has 1 aliphatic rings. The zero-order chi connectivity index (χ0) is 26.9. The van der Waals surface area contributed by atoms with Crippen LogP contribution in [0, 0.1) is 0 Å². The summed E-state index contributed by atoms with van der Waals surface area (Å²) in [5.41, 5.74) is -0.0335. The van der Waals surface area contributed by atoms with Crippen molar-refractivity contribution in [1.82, 2.24) is 9.80 Å². The Kier molecular flexibility index (Phi) is 10.5. The van der Waals surface area contributed by atoms with Crippen LogP contribution in [0.15, 0.2) is 24.3 Å². The van der Waals surface area contributed by atoms with E-state index >= 15 is 0 Å². The Labute approximate surface area is 214 Å². The Hall–Kier alpha value is -2.94. The quantitative estimate of drug-likeness (QED) is 0.396. The summed E-state index contributed by atoms with van der Waals surface area (Å²) in [7, 11) is 0. The van der Waals surface area contributed by atoms with Crippen molar-refractivity contribution in [2.24, 2.45) is 0 Å². The van der Waals surface area contributed by atoms with E-state index in [1.165, 1.54) is 0 Å². The van der Waals surface area contributed by atoms with Crippen molar-refractivity contribution in [2.45, 2.75) is 78.4 Å². The van der Waals surface area contributed by atoms with Crippen LogP contribution in [-0.4, -0.2) is 77.5 Å². The monoisotopic (exact) mass is 503 g/mol. The maximum atomic E-state index is 12.7. The number of carbonyl (C=O) groups is 4. The van der Waals surface area contributed by atoms with E-state index in [0.29, 0.717) is 37.2 Å². The van der Waals surface area contributed by atoms with Crippen LogP contribution in [0.2, 0.25) is 0 Å². The van der Waals surface area contributed by atoms with E-state index in [9.17, 15) is 19.2 Å². The van der Waals surface area contributed by atoms with Gasteiger partial charge in [-0.2, -0.15) is 0 Å². The third kappa shape index (κ3) is 11.2. The summed E-state index contributed by atoms with van der Waals surface area (Å²) >= 11 is 0. The number of nitrogens with zero attached hydrogens (tertiary/aromatic N) is 2. The highest BCUT2D eigenvalue weighted by Crippen LogP contribution is 2.16. The van der Waals surface area contributed by atoms with Gasteiger partial charge < -0.3 is 19.7 Å². The number of benzene rings is 1. The summed E-state index contributed by atoms with van der Waals surface area (Å²) in [4.78, 5) is 52.8. The summed E-state index contributed by atoms with van der Waals surface area (Å²) in [5.74, 6) is -0.726. The lowest BCUT2D eigenvalue weighted by Gasteiger charge is -2.35. The maximum Gasteiger partial charge on any atom is 0.410 e. The fourth-order valence-corrected chi connectivity index (χ4v) is 3.69. The van der Waals surface area contributed by atoms with Gasteiger partial charge in [0.05, 0.1) is 6.42 Å². The van der Waals surface area contributed by atoms with Gasteiger partial charge in [-0.25, -0.2) is 4.79 Å². The summed E-state index contributed by atoms with van der Waals surface area (Å²) < 4.78 is 10.6. The molecule has 200 valence electrons. The first-order valence-corrected chi connectivity index (χ1v) is 12.6. The molecule has 0 aromatic heterocycles. The van der Waals surface area contributed by atoms with Crippen LogP contribution in [0.4, 0.5) is 10.5 Å². The molecule has 0 saturated carbocycles. The summed E-state index contributed by atoms with van der Waals surface area (Å²) in [6.07, 6.45) is 0.816. The number of rotatable bonds is 9. The molecule has 1 saturated heterocycles. The molecule has 36 heavy (non-hydrogen) atoms. The Morgan fingerprint density at radius 2 is 1.50 bits per heavy atom. The molecule has 0 spiro atoms. The van der Waals surface area contributed by atoms with E-state index in [1.54, 1.807) is 49.9 Å². The molecule has 1 fully saturated rings. The minimum atomic E-state index is -0.587. The van der Waals surface area contributed by atoms with Gasteiger partial charge in [-0.05, 0) is 66.6 Å². The molecule has 0 unspecified atom stereocenters. The summed E-state index contributed by atoms with van der Waals surface area (Å²) in [6.45, 7) is 14.4.